The van der Waals surface area contributed by atoms with Crippen LogP contribution >= 0.6 is 0 Å². The molecule has 1 aliphatic heterocycles. The molecule has 0 spiro atoms. The number of rotatable bonds is 4. The van der Waals surface area contributed by atoms with Gasteiger partial charge in [-0.2, -0.15) is 4.98 Å². The highest BCUT2D eigenvalue weighted by molar-refractivity contribution is 5.64. The maximum absolute atomic E-state index is 14.0. The minimum atomic E-state index is -3.68. The molecule has 0 radical (unpaired) electrons. The molecule has 0 aliphatic carbocycles. The van der Waals surface area contributed by atoms with Gasteiger partial charge in [0.25, 0.3) is 0 Å². The summed E-state index contributed by atoms with van der Waals surface area (Å²) >= 11 is 0. The standard InChI is InChI=1S/C22H23FN8/c1-5-17-21-28-27-14(4)31(21)18-12-25-22(26-20(18)30(17)13(2)3)29-10-9-24-19(29)15-7-6-8-16(23)11-15/h6-13,17H,5H2,1-4H3/t17-/m0/s1/i1D3,2D3,3D3,5D2,13D. The molecule has 0 unspecified atom stereocenters. The summed E-state index contributed by atoms with van der Waals surface area (Å²) in [5, 5.41) is 7.81. The van der Waals surface area contributed by atoms with Gasteiger partial charge in [0.1, 0.15) is 23.2 Å². The number of nitrogens with zero attached hydrogens (tertiary/aromatic N) is 8. The Morgan fingerprint density at radius 3 is 3.00 bits per heavy atom. The number of hydrogen-bond donors (Lipinski definition) is 0. The van der Waals surface area contributed by atoms with Gasteiger partial charge in [0, 0.05) is 39.1 Å². The first kappa shape index (κ1) is 10.1. The molecule has 0 saturated carbocycles. The molecule has 158 valence electrons. The van der Waals surface area contributed by atoms with Crippen LogP contribution in [-0.4, -0.2) is 40.3 Å². The summed E-state index contributed by atoms with van der Waals surface area (Å²) in [6.07, 6.45) is 0.502. The normalized spacial score (nSPS) is 23.0. The first-order chi connectivity index (χ1) is 19.7. The molecule has 31 heavy (non-hydrogen) atoms. The van der Waals surface area contributed by atoms with E-state index in [1.54, 1.807) is 6.07 Å². The van der Waals surface area contributed by atoms with Gasteiger partial charge in [-0.05, 0) is 39.1 Å². The number of halogens is 1. The fourth-order valence-electron chi connectivity index (χ4n) is 3.57. The Kier molecular flexibility index (Phi) is 2.37. The fraction of sp³-hybridized carbons (Fsp3) is 0.318. The van der Waals surface area contributed by atoms with Gasteiger partial charge in [0.2, 0.25) is 5.95 Å². The molecule has 5 rings (SSSR count). The summed E-state index contributed by atoms with van der Waals surface area (Å²) in [6, 6.07) is -0.555. The Morgan fingerprint density at radius 2 is 2.19 bits per heavy atom. The highest BCUT2D eigenvalue weighted by Crippen LogP contribution is 2.40. The van der Waals surface area contributed by atoms with Crippen LogP contribution in [0.2, 0.25) is 0 Å². The number of anilines is 1. The highest BCUT2D eigenvalue weighted by Gasteiger charge is 2.36. The summed E-state index contributed by atoms with van der Waals surface area (Å²) in [5.41, 5.74) is 0.174. The highest BCUT2D eigenvalue weighted by atomic mass is 19.1. The number of hydrogen-bond acceptors (Lipinski definition) is 6. The van der Waals surface area contributed by atoms with Gasteiger partial charge in [-0.25, -0.2) is 14.4 Å². The molecule has 1 atom stereocenters. The Hall–Kier alpha value is -3.62. The van der Waals surface area contributed by atoms with Gasteiger partial charge in [0.15, 0.2) is 11.6 Å². The Morgan fingerprint density at radius 1 is 1.29 bits per heavy atom. The first-order valence-electron chi connectivity index (χ1n) is 15.1. The minimum absolute atomic E-state index is 0.0972. The zero-order chi connectivity index (χ0) is 31.9. The molecule has 9 heteroatoms. The smallest absolute Gasteiger partial charge is 0.237 e. The van der Waals surface area contributed by atoms with Crippen LogP contribution in [0.15, 0.2) is 42.9 Å². The van der Waals surface area contributed by atoms with Gasteiger partial charge in [-0.15, -0.1) is 10.2 Å². The molecule has 0 fully saturated rings. The average Bonchev–Trinajstić information content (AvgIpc) is 3.52. The van der Waals surface area contributed by atoms with E-state index in [1.807, 2.05) is 0 Å². The summed E-state index contributed by atoms with van der Waals surface area (Å²) in [6.45, 7) is -9.37. The Bertz CT molecular complexity index is 1680. The Balaban J connectivity index is 1.88. The molecule has 0 amide bonds. The third kappa shape index (κ3) is 2.99. The molecule has 0 saturated heterocycles. The zero-order valence-electron chi connectivity index (χ0n) is 28.1. The van der Waals surface area contributed by atoms with Crippen LogP contribution in [0, 0.1) is 12.7 Å². The number of benzene rings is 1. The van der Waals surface area contributed by atoms with Gasteiger partial charge in [-0.1, -0.05) is 19.0 Å². The van der Waals surface area contributed by atoms with Crippen molar-refractivity contribution in [3.05, 3.63) is 60.3 Å². The van der Waals surface area contributed by atoms with E-state index in [0.717, 1.165) is 6.20 Å². The number of imidazole rings is 1. The molecule has 4 heterocycles. The van der Waals surface area contributed by atoms with Crippen molar-refractivity contribution in [2.45, 2.75) is 45.9 Å². The summed E-state index contributed by atoms with van der Waals surface area (Å²) in [5.74, 6) is -1.62. The van der Waals surface area contributed by atoms with Crippen molar-refractivity contribution in [1.29, 1.82) is 0 Å². The molecular weight excluding hydrogens is 395 g/mol. The van der Waals surface area contributed by atoms with Crippen molar-refractivity contribution in [2.24, 2.45) is 0 Å². The lowest BCUT2D eigenvalue weighted by Crippen LogP contribution is -2.40. The first-order valence-corrected chi connectivity index (χ1v) is 9.10. The average molecular weight is 431 g/mol. The lowest BCUT2D eigenvalue weighted by atomic mass is 10.1. The SMILES string of the molecule is [2H]C([2H])([2H])C([2H])([2H])[C@H]1c2nnc(C)n2-c2cnc(-n3ccnc3-c3cccc(F)c3)nc2N1C([2H])(C([2H])([2H])[2H])C([2H])([2H])[2H]. The van der Waals surface area contributed by atoms with Crippen molar-refractivity contribution >= 4 is 5.82 Å². The van der Waals surface area contributed by atoms with Crippen LogP contribution in [-0.2, 0) is 0 Å². The van der Waals surface area contributed by atoms with E-state index in [4.69, 9.17) is 16.4 Å². The summed E-state index contributed by atoms with van der Waals surface area (Å²) in [4.78, 5) is 13.3. The summed E-state index contributed by atoms with van der Waals surface area (Å²) < 4.78 is 116. The molecular formula is C22H23FN8. The van der Waals surface area contributed by atoms with E-state index in [2.05, 4.69) is 25.1 Å². The van der Waals surface area contributed by atoms with Crippen LogP contribution in [0.3, 0.4) is 0 Å². The lowest BCUT2D eigenvalue weighted by molar-refractivity contribution is 0.496. The number of aromatic nitrogens is 7. The monoisotopic (exact) mass is 430 g/mol. The quantitative estimate of drug-likeness (QED) is 0.486. The van der Waals surface area contributed by atoms with Crippen molar-refractivity contribution in [2.75, 3.05) is 4.90 Å². The fourth-order valence-corrected chi connectivity index (χ4v) is 3.57. The van der Waals surface area contributed by atoms with Crippen LogP contribution in [0.4, 0.5) is 10.2 Å². The molecule has 1 aromatic carbocycles. The molecule has 8 nitrogen and oxygen atoms in total. The molecule has 1 aliphatic rings. The molecule has 0 N–H and O–H groups in total. The van der Waals surface area contributed by atoms with Gasteiger partial charge < -0.3 is 4.90 Å². The maximum atomic E-state index is 14.0. The second-order valence-corrected chi connectivity index (χ2v) is 6.72. The van der Waals surface area contributed by atoms with E-state index < -0.39 is 56.4 Å². The van der Waals surface area contributed by atoms with E-state index in [0.29, 0.717) is 10.5 Å². The van der Waals surface area contributed by atoms with Crippen LogP contribution in [0.5, 0.6) is 0 Å². The lowest BCUT2D eigenvalue weighted by Gasteiger charge is -2.39. The molecule has 0 bridgehead atoms. The van der Waals surface area contributed by atoms with Gasteiger partial charge >= 0.3 is 0 Å². The second kappa shape index (κ2) is 7.26. The summed E-state index contributed by atoms with van der Waals surface area (Å²) in [7, 11) is 0. The molecule has 4 aromatic rings. The van der Waals surface area contributed by atoms with Crippen molar-refractivity contribution in [3.63, 3.8) is 0 Å². The third-order valence-electron chi connectivity index (χ3n) is 4.88. The molecule has 3 aromatic heterocycles. The number of aryl methyl sites for hydroxylation is 1. The van der Waals surface area contributed by atoms with Crippen molar-refractivity contribution in [3.8, 4) is 23.0 Å². The van der Waals surface area contributed by atoms with E-state index in [9.17, 15) is 4.39 Å². The van der Waals surface area contributed by atoms with E-state index in [-0.39, 0.29) is 23.3 Å². The third-order valence-corrected chi connectivity index (χ3v) is 4.88. The number of fused-ring (bicyclic) bond motifs is 3. The Labute approximate surface area is 196 Å². The van der Waals surface area contributed by atoms with E-state index in [1.165, 1.54) is 46.7 Å². The van der Waals surface area contributed by atoms with Crippen LogP contribution in [0.1, 0.15) is 61.1 Å². The predicted octanol–water partition coefficient (Wildman–Crippen LogP) is 4.04. The second-order valence-electron chi connectivity index (χ2n) is 6.72. The topological polar surface area (TPSA) is 77.5 Å². The zero-order valence-corrected chi connectivity index (χ0v) is 16.1. The largest absolute Gasteiger partial charge is 0.342 e. The van der Waals surface area contributed by atoms with Crippen LogP contribution < -0.4 is 4.90 Å². The van der Waals surface area contributed by atoms with Gasteiger partial charge in [0.05, 0.1) is 13.6 Å². The van der Waals surface area contributed by atoms with Crippen molar-refractivity contribution < 1.29 is 20.8 Å². The van der Waals surface area contributed by atoms with Crippen LogP contribution in [0.25, 0.3) is 23.0 Å². The van der Waals surface area contributed by atoms with Crippen molar-refractivity contribution in [1.82, 2.24) is 34.3 Å². The maximum Gasteiger partial charge on any atom is 0.237 e. The van der Waals surface area contributed by atoms with Gasteiger partial charge in [-0.3, -0.25) is 9.13 Å². The van der Waals surface area contributed by atoms with E-state index >= 15 is 0 Å². The predicted molar refractivity (Wildman–Crippen MR) is 115 cm³/mol. The minimum Gasteiger partial charge on any atom is -0.342 e.